The van der Waals surface area contributed by atoms with Crippen LogP contribution in [0, 0.1) is 11.8 Å². The highest BCUT2D eigenvalue weighted by molar-refractivity contribution is 5.93. The fourth-order valence-corrected chi connectivity index (χ4v) is 4.79. The molecule has 29 heavy (non-hydrogen) atoms. The zero-order valence-corrected chi connectivity index (χ0v) is 16.0. The number of fused-ring (bicyclic) bond motifs is 1. The van der Waals surface area contributed by atoms with Crippen molar-refractivity contribution < 1.29 is 14.3 Å². The van der Waals surface area contributed by atoms with Gasteiger partial charge >= 0.3 is 0 Å². The van der Waals surface area contributed by atoms with Gasteiger partial charge in [-0.25, -0.2) is 0 Å². The van der Waals surface area contributed by atoms with Crippen LogP contribution in [0.25, 0.3) is 0 Å². The molecular weight excluding hydrogens is 366 g/mol. The first kappa shape index (κ1) is 18.1. The first-order chi connectivity index (χ1) is 14.2. The molecule has 0 radical (unpaired) electrons. The van der Waals surface area contributed by atoms with Crippen LogP contribution in [0.3, 0.4) is 0 Å². The highest BCUT2D eigenvalue weighted by Crippen LogP contribution is 2.51. The number of aromatic nitrogens is 1. The van der Waals surface area contributed by atoms with E-state index in [-0.39, 0.29) is 17.9 Å². The van der Waals surface area contributed by atoms with Gasteiger partial charge in [-0.05, 0) is 23.6 Å². The molecule has 6 nitrogen and oxygen atoms in total. The lowest BCUT2D eigenvalue weighted by atomic mass is 9.77. The van der Waals surface area contributed by atoms with Gasteiger partial charge in [0.05, 0.1) is 24.5 Å². The van der Waals surface area contributed by atoms with E-state index in [0.29, 0.717) is 19.6 Å². The number of hydrogen-bond acceptors (Lipinski definition) is 4. The molecule has 2 saturated heterocycles. The number of carbonyl (C=O) groups excluding carboxylic acids is 2. The standard InChI is InChI=1S/C23H23N3O3/c27-21(25-14-17-7-4-11-24-13-17)19-18-8-10-23(29-18)15-26(22(28)20(19)23)12-9-16-5-2-1-3-6-16/h1-8,10-11,13,18-20H,9,12,14-15H2,(H,25,27). The fourth-order valence-electron chi connectivity index (χ4n) is 4.79. The highest BCUT2D eigenvalue weighted by Gasteiger charge is 2.66. The lowest BCUT2D eigenvalue weighted by Gasteiger charge is -2.23. The second-order valence-corrected chi connectivity index (χ2v) is 7.97. The van der Waals surface area contributed by atoms with Crippen molar-refractivity contribution in [1.82, 2.24) is 15.2 Å². The van der Waals surface area contributed by atoms with Gasteiger partial charge in [-0.1, -0.05) is 48.6 Å². The number of nitrogens with one attached hydrogen (secondary N) is 1. The Morgan fingerprint density at radius 3 is 2.83 bits per heavy atom. The summed E-state index contributed by atoms with van der Waals surface area (Å²) in [5.41, 5.74) is 1.47. The smallest absolute Gasteiger partial charge is 0.230 e. The normalized spacial score (nSPS) is 29.3. The van der Waals surface area contributed by atoms with Crippen molar-refractivity contribution in [3.8, 4) is 0 Å². The Balaban J connectivity index is 1.28. The van der Waals surface area contributed by atoms with E-state index in [0.717, 1.165) is 12.0 Å². The highest BCUT2D eigenvalue weighted by atomic mass is 16.5. The summed E-state index contributed by atoms with van der Waals surface area (Å²) in [6.45, 7) is 1.54. The third-order valence-corrected chi connectivity index (χ3v) is 6.18. The molecular formula is C23H23N3O3. The first-order valence-corrected chi connectivity index (χ1v) is 10.0. The summed E-state index contributed by atoms with van der Waals surface area (Å²) in [6.07, 6.45) is 7.83. The molecule has 1 N–H and O–H groups in total. The lowest BCUT2D eigenvalue weighted by Crippen LogP contribution is -2.44. The van der Waals surface area contributed by atoms with Gasteiger partial charge in [0.1, 0.15) is 5.60 Å². The maximum Gasteiger partial charge on any atom is 0.230 e. The van der Waals surface area contributed by atoms with Crippen LogP contribution in [-0.2, 0) is 27.3 Å². The predicted molar refractivity (Wildman–Crippen MR) is 107 cm³/mol. The predicted octanol–water partition coefficient (Wildman–Crippen LogP) is 1.72. The first-order valence-electron chi connectivity index (χ1n) is 10.0. The monoisotopic (exact) mass is 389 g/mol. The summed E-state index contributed by atoms with van der Waals surface area (Å²) in [5.74, 6) is -1.03. The number of pyridine rings is 1. The lowest BCUT2D eigenvalue weighted by molar-refractivity contribution is -0.137. The van der Waals surface area contributed by atoms with E-state index in [9.17, 15) is 9.59 Å². The number of benzene rings is 1. The molecule has 148 valence electrons. The number of amides is 2. The minimum Gasteiger partial charge on any atom is -0.360 e. The Hall–Kier alpha value is -2.99. The number of carbonyl (C=O) groups is 2. The molecule has 4 unspecified atom stereocenters. The molecule has 1 spiro atoms. The fraction of sp³-hybridized carbons (Fsp3) is 0.348. The van der Waals surface area contributed by atoms with Gasteiger partial charge < -0.3 is 15.0 Å². The average Bonchev–Trinajstić information content (AvgIpc) is 3.40. The molecule has 6 heteroatoms. The molecule has 2 amide bonds. The van der Waals surface area contributed by atoms with Gasteiger partial charge in [0.15, 0.2) is 0 Å². The summed E-state index contributed by atoms with van der Waals surface area (Å²) in [7, 11) is 0. The molecule has 4 heterocycles. The zero-order valence-electron chi connectivity index (χ0n) is 16.0. The average molecular weight is 389 g/mol. The third-order valence-electron chi connectivity index (χ3n) is 6.18. The van der Waals surface area contributed by atoms with E-state index in [1.54, 1.807) is 12.4 Å². The van der Waals surface area contributed by atoms with Gasteiger partial charge in [-0.2, -0.15) is 0 Å². The van der Waals surface area contributed by atoms with Crippen LogP contribution in [0.5, 0.6) is 0 Å². The molecule has 0 saturated carbocycles. The van der Waals surface area contributed by atoms with Crippen molar-refractivity contribution in [2.45, 2.75) is 24.7 Å². The van der Waals surface area contributed by atoms with Crippen molar-refractivity contribution in [2.75, 3.05) is 13.1 Å². The minimum atomic E-state index is -0.658. The van der Waals surface area contributed by atoms with E-state index in [2.05, 4.69) is 22.4 Å². The Labute approximate surface area is 169 Å². The van der Waals surface area contributed by atoms with E-state index in [1.165, 1.54) is 5.56 Å². The van der Waals surface area contributed by atoms with Crippen LogP contribution in [0.4, 0.5) is 0 Å². The summed E-state index contributed by atoms with van der Waals surface area (Å²) >= 11 is 0. The van der Waals surface area contributed by atoms with Crippen LogP contribution < -0.4 is 5.32 Å². The molecule has 2 fully saturated rings. The SMILES string of the molecule is O=C(NCc1cccnc1)C1C2C=CC3(CN(CCc4ccccc4)C(=O)C13)O2. The Morgan fingerprint density at radius 2 is 2.03 bits per heavy atom. The Morgan fingerprint density at radius 1 is 1.21 bits per heavy atom. The zero-order chi connectivity index (χ0) is 19.8. The van der Waals surface area contributed by atoms with Crippen LogP contribution in [0.1, 0.15) is 11.1 Å². The van der Waals surface area contributed by atoms with E-state index >= 15 is 0 Å². The molecule has 1 aromatic carbocycles. The number of ether oxygens (including phenoxy) is 1. The Bertz CT molecular complexity index is 946. The van der Waals surface area contributed by atoms with Crippen LogP contribution >= 0.6 is 0 Å². The largest absolute Gasteiger partial charge is 0.360 e. The van der Waals surface area contributed by atoms with Crippen LogP contribution in [0.2, 0.25) is 0 Å². The number of nitrogens with zero attached hydrogens (tertiary/aromatic N) is 2. The Kier molecular flexibility index (Phi) is 4.43. The van der Waals surface area contributed by atoms with Crippen molar-refractivity contribution >= 4 is 11.8 Å². The van der Waals surface area contributed by atoms with Crippen molar-refractivity contribution in [3.05, 3.63) is 78.1 Å². The minimum absolute atomic E-state index is 0.0225. The van der Waals surface area contributed by atoms with Crippen molar-refractivity contribution in [2.24, 2.45) is 11.8 Å². The number of rotatable bonds is 6. The molecule has 5 rings (SSSR count). The van der Waals surface area contributed by atoms with Crippen LogP contribution in [0.15, 0.2) is 67.0 Å². The molecule has 2 aromatic rings. The molecule has 3 aliphatic heterocycles. The third kappa shape index (κ3) is 3.13. The maximum atomic E-state index is 13.2. The van der Waals surface area contributed by atoms with Gasteiger partial charge in [0.2, 0.25) is 11.8 Å². The molecule has 3 aliphatic rings. The summed E-state index contributed by atoms with van der Waals surface area (Å²) in [4.78, 5) is 32.1. The van der Waals surface area contributed by atoms with Gasteiger partial charge in [0.25, 0.3) is 0 Å². The molecule has 1 aromatic heterocycles. The second kappa shape index (κ2) is 7.12. The van der Waals surface area contributed by atoms with Gasteiger partial charge in [-0.15, -0.1) is 0 Å². The summed E-state index contributed by atoms with van der Waals surface area (Å²) in [5, 5.41) is 2.96. The maximum absolute atomic E-state index is 13.2. The number of likely N-dealkylation sites (tertiary alicyclic amines) is 1. The van der Waals surface area contributed by atoms with Gasteiger partial charge in [-0.3, -0.25) is 14.6 Å². The molecule has 4 atom stereocenters. The molecule has 2 bridgehead atoms. The second-order valence-electron chi connectivity index (χ2n) is 7.97. The van der Waals surface area contributed by atoms with Crippen molar-refractivity contribution in [1.29, 1.82) is 0 Å². The quantitative estimate of drug-likeness (QED) is 0.764. The van der Waals surface area contributed by atoms with E-state index in [1.807, 2.05) is 47.4 Å². The van der Waals surface area contributed by atoms with E-state index in [4.69, 9.17) is 4.74 Å². The summed E-state index contributed by atoms with van der Waals surface area (Å²) in [6, 6.07) is 13.9. The number of hydrogen-bond donors (Lipinski definition) is 1. The summed E-state index contributed by atoms with van der Waals surface area (Å²) < 4.78 is 6.18. The van der Waals surface area contributed by atoms with Gasteiger partial charge in [0, 0.05) is 25.5 Å². The van der Waals surface area contributed by atoms with Crippen molar-refractivity contribution in [3.63, 3.8) is 0 Å². The van der Waals surface area contributed by atoms with Crippen LogP contribution in [-0.4, -0.2) is 46.5 Å². The molecule has 0 aliphatic carbocycles. The van der Waals surface area contributed by atoms with E-state index < -0.39 is 17.4 Å². The topological polar surface area (TPSA) is 71.5 Å².